The van der Waals surface area contributed by atoms with Crippen molar-refractivity contribution in [2.45, 2.75) is 25.4 Å². The van der Waals surface area contributed by atoms with Crippen LogP contribution in [0.5, 0.6) is 11.5 Å². The Hall–Kier alpha value is -3.63. The normalized spacial score (nSPS) is 15.9. The molecule has 222 valence electrons. The zero-order valence-corrected chi connectivity index (χ0v) is 24.9. The maximum Gasteiger partial charge on any atom is 0.343 e. The highest BCUT2D eigenvalue weighted by atomic mass is 35.5. The third-order valence-electron chi connectivity index (χ3n) is 6.76. The van der Waals surface area contributed by atoms with Gasteiger partial charge in [-0.05, 0) is 30.7 Å². The minimum Gasteiger partial charge on any atom is -0.489 e. The average Bonchev–Trinajstić information content (AvgIpc) is 3.00. The molecule has 0 bridgehead atoms. The van der Waals surface area contributed by atoms with Crippen LogP contribution in [0.1, 0.15) is 33.2 Å². The van der Waals surface area contributed by atoms with Crippen molar-refractivity contribution >= 4 is 41.0 Å². The number of carbonyl (C=O) groups is 3. The van der Waals surface area contributed by atoms with Crippen molar-refractivity contribution in [3.8, 4) is 11.5 Å². The smallest absolute Gasteiger partial charge is 0.343 e. The van der Waals surface area contributed by atoms with E-state index in [2.05, 4.69) is 22.5 Å². The largest absolute Gasteiger partial charge is 0.489 e. The Bertz CT molecular complexity index is 1390. The predicted octanol–water partition coefficient (Wildman–Crippen LogP) is 4.40. The summed E-state index contributed by atoms with van der Waals surface area (Å²) in [6.07, 6.45) is 0.172. The fraction of sp³-hybridized carbons (Fsp3) is 0.323. The minimum absolute atomic E-state index is 0.0519. The number of piperazine rings is 1. The van der Waals surface area contributed by atoms with Gasteiger partial charge in [-0.3, -0.25) is 9.69 Å². The van der Waals surface area contributed by atoms with Crippen LogP contribution < -0.4 is 20.1 Å². The summed E-state index contributed by atoms with van der Waals surface area (Å²) in [4.78, 5) is 41.5. The minimum atomic E-state index is -1.03. The van der Waals surface area contributed by atoms with Crippen molar-refractivity contribution < 1.29 is 28.6 Å². The highest BCUT2D eigenvalue weighted by molar-refractivity contribution is 6.39. The Labute approximate surface area is 255 Å². The molecule has 1 amide bonds. The van der Waals surface area contributed by atoms with E-state index >= 15 is 0 Å². The molecule has 0 radical (unpaired) electrons. The quantitative estimate of drug-likeness (QED) is 0.242. The zero-order chi connectivity index (χ0) is 30.1. The zero-order valence-electron chi connectivity index (χ0n) is 23.4. The highest BCUT2D eigenvalue weighted by Gasteiger charge is 2.29. The maximum absolute atomic E-state index is 13.6. The van der Waals surface area contributed by atoms with Crippen molar-refractivity contribution in [3.63, 3.8) is 0 Å². The second kappa shape index (κ2) is 15.0. The summed E-state index contributed by atoms with van der Waals surface area (Å²) in [5.74, 6) is -2.26. The molecule has 1 saturated heterocycles. The number of nitrogens with one attached hydrogen (secondary N) is 2. The average molecular weight is 615 g/mol. The van der Waals surface area contributed by atoms with E-state index in [1.54, 1.807) is 30.3 Å². The standard InChI is InChI=1S/C31H33Cl2N3O6/c1-20-19-36(14-13-34-20)15-16-41-28-24(32)18-23(27(26(28)33)42-30(38)22-11-7-4-8-12-22)29(37)35-25(31(39)40-2)17-21-9-5-3-6-10-21/h3-12,18,20,25,34H,13-17,19H2,1-2H3,(H,35,37)/t20-,25+/m1/s1. The van der Waals surface area contributed by atoms with Gasteiger partial charge < -0.3 is 24.8 Å². The summed E-state index contributed by atoms with van der Waals surface area (Å²) in [5.41, 5.74) is 0.920. The van der Waals surface area contributed by atoms with Crippen LogP contribution in [0.15, 0.2) is 66.7 Å². The van der Waals surface area contributed by atoms with Crippen LogP contribution in [0.25, 0.3) is 0 Å². The van der Waals surface area contributed by atoms with Gasteiger partial charge in [0.1, 0.15) is 17.7 Å². The van der Waals surface area contributed by atoms with Crippen molar-refractivity contribution in [2.75, 3.05) is 39.9 Å². The molecular formula is C31H33Cl2N3O6. The second-order valence-electron chi connectivity index (χ2n) is 9.88. The van der Waals surface area contributed by atoms with Crippen molar-refractivity contribution in [1.29, 1.82) is 0 Å². The fourth-order valence-corrected chi connectivity index (χ4v) is 5.23. The van der Waals surface area contributed by atoms with E-state index < -0.39 is 23.9 Å². The van der Waals surface area contributed by atoms with Crippen LogP contribution >= 0.6 is 23.2 Å². The number of rotatable bonds is 11. The monoisotopic (exact) mass is 613 g/mol. The molecule has 9 nitrogen and oxygen atoms in total. The van der Waals surface area contributed by atoms with Gasteiger partial charge in [0, 0.05) is 38.6 Å². The molecule has 4 rings (SSSR count). The molecule has 1 heterocycles. The molecule has 3 aromatic carbocycles. The first-order chi connectivity index (χ1) is 20.3. The molecule has 3 aromatic rings. The van der Waals surface area contributed by atoms with Crippen molar-refractivity contribution in [3.05, 3.63) is 93.5 Å². The van der Waals surface area contributed by atoms with E-state index in [9.17, 15) is 14.4 Å². The Kier molecular flexibility index (Phi) is 11.2. The first-order valence-corrected chi connectivity index (χ1v) is 14.3. The lowest BCUT2D eigenvalue weighted by Crippen LogP contribution is -2.50. The van der Waals surface area contributed by atoms with E-state index in [-0.39, 0.29) is 45.7 Å². The van der Waals surface area contributed by atoms with Gasteiger partial charge in [0.2, 0.25) is 0 Å². The maximum atomic E-state index is 13.6. The van der Waals surface area contributed by atoms with Gasteiger partial charge >= 0.3 is 11.9 Å². The van der Waals surface area contributed by atoms with Crippen molar-refractivity contribution in [1.82, 2.24) is 15.5 Å². The fourth-order valence-electron chi connectivity index (χ4n) is 4.62. The van der Waals surface area contributed by atoms with Gasteiger partial charge in [-0.2, -0.15) is 0 Å². The summed E-state index contributed by atoms with van der Waals surface area (Å²) in [6.45, 7) is 5.63. The Morgan fingerprint density at radius 2 is 1.74 bits per heavy atom. The van der Waals surface area contributed by atoms with Gasteiger partial charge in [0.25, 0.3) is 5.91 Å². The Morgan fingerprint density at radius 3 is 2.40 bits per heavy atom. The predicted molar refractivity (Wildman–Crippen MR) is 161 cm³/mol. The number of amides is 1. The Balaban J connectivity index is 1.61. The van der Waals surface area contributed by atoms with Gasteiger partial charge in [0.15, 0.2) is 11.5 Å². The molecule has 2 atom stereocenters. The van der Waals surface area contributed by atoms with Crippen LogP contribution in [0.2, 0.25) is 10.0 Å². The van der Waals surface area contributed by atoms with Gasteiger partial charge in [-0.1, -0.05) is 71.7 Å². The van der Waals surface area contributed by atoms with E-state index in [0.717, 1.165) is 25.2 Å². The molecule has 1 aliphatic heterocycles. The molecule has 0 aliphatic carbocycles. The Morgan fingerprint density at radius 1 is 1.05 bits per heavy atom. The second-order valence-corrected chi connectivity index (χ2v) is 10.7. The molecule has 11 heteroatoms. The van der Waals surface area contributed by atoms with E-state index in [1.165, 1.54) is 13.2 Å². The summed E-state index contributed by atoms with van der Waals surface area (Å²) in [6, 6.07) is 18.1. The highest BCUT2D eigenvalue weighted by Crippen LogP contribution is 2.43. The third-order valence-corrected chi connectivity index (χ3v) is 7.38. The van der Waals surface area contributed by atoms with E-state index in [1.807, 2.05) is 30.3 Å². The van der Waals surface area contributed by atoms with Crippen LogP contribution in [-0.4, -0.2) is 74.7 Å². The van der Waals surface area contributed by atoms with Gasteiger partial charge in [0.05, 0.1) is 23.3 Å². The summed E-state index contributed by atoms with van der Waals surface area (Å²) < 4.78 is 16.6. The number of hydrogen-bond acceptors (Lipinski definition) is 8. The molecule has 0 aromatic heterocycles. The summed E-state index contributed by atoms with van der Waals surface area (Å²) >= 11 is 13.3. The third kappa shape index (κ3) is 8.23. The number of nitrogens with zero attached hydrogens (tertiary/aromatic N) is 1. The van der Waals surface area contributed by atoms with Crippen molar-refractivity contribution in [2.24, 2.45) is 0 Å². The lowest BCUT2D eigenvalue weighted by atomic mass is 10.1. The van der Waals surface area contributed by atoms with Crippen LogP contribution in [-0.2, 0) is 16.0 Å². The number of benzene rings is 3. The van der Waals surface area contributed by atoms with Gasteiger partial charge in [-0.25, -0.2) is 9.59 Å². The number of carbonyl (C=O) groups excluding carboxylic acids is 3. The first-order valence-electron chi connectivity index (χ1n) is 13.6. The number of halogens is 2. The topological polar surface area (TPSA) is 106 Å². The van der Waals surface area contributed by atoms with E-state index in [0.29, 0.717) is 12.6 Å². The lowest BCUT2D eigenvalue weighted by Gasteiger charge is -2.31. The molecule has 0 unspecified atom stereocenters. The summed E-state index contributed by atoms with van der Waals surface area (Å²) in [5, 5.41) is 5.98. The molecule has 2 N–H and O–H groups in total. The number of hydrogen-bond donors (Lipinski definition) is 2. The van der Waals surface area contributed by atoms with E-state index in [4.69, 9.17) is 37.4 Å². The lowest BCUT2D eigenvalue weighted by molar-refractivity contribution is -0.142. The van der Waals surface area contributed by atoms with Crippen LogP contribution in [0.4, 0.5) is 0 Å². The molecule has 0 spiro atoms. The molecule has 1 aliphatic rings. The first kappa shape index (κ1) is 31.3. The van der Waals surface area contributed by atoms with Crippen LogP contribution in [0.3, 0.4) is 0 Å². The number of methoxy groups -OCH3 is 1. The SMILES string of the molecule is COC(=O)[C@H](Cc1ccccc1)NC(=O)c1cc(Cl)c(OCCN2CCN[C@H](C)C2)c(Cl)c1OC(=O)c1ccccc1. The molecular weight excluding hydrogens is 581 g/mol. The van der Waals surface area contributed by atoms with Crippen LogP contribution in [0, 0.1) is 0 Å². The molecule has 42 heavy (non-hydrogen) atoms. The molecule has 0 saturated carbocycles. The number of ether oxygens (including phenoxy) is 3. The number of esters is 2. The summed E-state index contributed by atoms with van der Waals surface area (Å²) in [7, 11) is 1.24. The molecule has 1 fully saturated rings. The van der Waals surface area contributed by atoms with Gasteiger partial charge in [-0.15, -0.1) is 0 Å².